The van der Waals surface area contributed by atoms with Crippen LogP contribution in [0.25, 0.3) is 0 Å². The van der Waals surface area contributed by atoms with Crippen molar-refractivity contribution in [3.63, 3.8) is 0 Å². The first kappa shape index (κ1) is 22.8. The first-order valence-electron chi connectivity index (χ1n) is 9.97. The van der Waals surface area contributed by atoms with Crippen molar-refractivity contribution in [3.05, 3.63) is 35.9 Å². The van der Waals surface area contributed by atoms with Crippen LogP contribution in [0.1, 0.15) is 102 Å². The molecule has 1 aromatic carbocycles. The van der Waals surface area contributed by atoms with Crippen molar-refractivity contribution >= 4 is 0 Å². The summed E-state index contributed by atoms with van der Waals surface area (Å²) in [6.07, 6.45) is 21.5. The third kappa shape index (κ3) is 15.1. The minimum absolute atomic E-state index is 0. The fourth-order valence-corrected chi connectivity index (χ4v) is 3.17. The fourth-order valence-electron chi connectivity index (χ4n) is 3.17. The average molecular weight is 368 g/mol. The zero-order chi connectivity index (χ0) is 15.7. The van der Waals surface area contributed by atoms with Crippen molar-refractivity contribution in [2.24, 2.45) is 0 Å². The standard InChI is InChI=1S/C22H38.Zn/c1-2-3-4-5-6-7-8-9-10-11-12-13-14-16-19-22-20-17-15-18-21-22;/h15,17-18,20-21H,2-14,16,19H2,1H3;. The summed E-state index contributed by atoms with van der Waals surface area (Å²) in [5, 5.41) is 0. The van der Waals surface area contributed by atoms with Gasteiger partial charge in [0, 0.05) is 19.5 Å². The average Bonchev–Trinajstić information content (AvgIpc) is 2.56. The Kier molecular flexibility index (Phi) is 18.1. The minimum atomic E-state index is 0. The van der Waals surface area contributed by atoms with Crippen molar-refractivity contribution in [1.29, 1.82) is 0 Å². The quantitative estimate of drug-likeness (QED) is 0.220. The molecule has 0 saturated carbocycles. The molecule has 23 heavy (non-hydrogen) atoms. The second kappa shape index (κ2) is 18.2. The topological polar surface area (TPSA) is 0 Å². The van der Waals surface area contributed by atoms with Crippen LogP contribution in [-0.2, 0) is 25.9 Å². The van der Waals surface area contributed by atoms with E-state index in [1.807, 2.05) is 0 Å². The fraction of sp³-hybridized carbons (Fsp3) is 0.727. The Bertz CT molecular complexity index is 320. The van der Waals surface area contributed by atoms with Gasteiger partial charge in [-0.15, -0.1) is 0 Å². The van der Waals surface area contributed by atoms with E-state index in [4.69, 9.17) is 0 Å². The number of hydrogen-bond donors (Lipinski definition) is 0. The van der Waals surface area contributed by atoms with Gasteiger partial charge in [-0.3, -0.25) is 0 Å². The minimum Gasteiger partial charge on any atom is -0.0654 e. The number of aryl methyl sites for hydroxylation is 1. The van der Waals surface area contributed by atoms with Crippen molar-refractivity contribution in [1.82, 2.24) is 0 Å². The number of rotatable bonds is 15. The molecule has 0 aromatic heterocycles. The number of benzene rings is 1. The van der Waals surface area contributed by atoms with Gasteiger partial charge in [0.15, 0.2) is 0 Å². The van der Waals surface area contributed by atoms with E-state index in [0.717, 1.165) is 0 Å². The van der Waals surface area contributed by atoms with Crippen LogP contribution in [0.5, 0.6) is 0 Å². The van der Waals surface area contributed by atoms with Crippen LogP contribution in [-0.4, -0.2) is 0 Å². The Labute approximate surface area is 158 Å². The van der Waals surface area contributed by atoms with Crippen LogP contribution >= 0.6 is 0 Å². The molecule has 128 valence electrons. The van der Waals surface area contributed by atoms with Gasteiger partial charge in [0.1, 0.15) is 0 Å². The van der Waals surface area contributed by atoms with Gasteiger partial charge in [0.2, 0.25) is 0 Å². The molecule has 0 bridgehead atoms. The van der Waals surface area contributed by atoms with Gasteiger partial charge < -0.3 is 0 Å². The molecule has 0 nitrogen and oxygen atoms in total. The van der Waals surface area contributed by atoms with Crippen LogP contribution in [0, 0.1) is 0 Å². The first-order valence-corrected chi connectivity index (χ1v) is 9.97. The summed E-state index contributed by atoms with van der Waals surface area (Å²) in [5.41, 5.74) is 1.50. The van der Waals surface area contributed by atoms with E-state index in [9.17, 15) is 0 Å². The van der Waals surface area contributed by atoms with E-state index in [-0.39, 0.29) is 19.5 Å². The predicted molar refractivity (Wildman–Crippen MR) is 100 cm³/mol. The number of unbranched alkanes of at least 4 members (excludes halogenated alkanes) is 13. The Morgan fingerprint density at radius 3 is 1.35 bits per heavy atom. The normalized spacial score (nSPS) is 10.5. The molecule has 0 N–H and O–H groups in total. The molecule has 0 saturated heterocycles. The van der Waals surface area contributed by atoms with Crippen LogP contribution in [0.3, 0.4) is 0 Å². The molecule has 0 unspecified atom stereocenters. The molecule has 0 atom stereocenters. The first-order chi connectivity index (χ1) is 10.9. The van der Waals surface area contributed by atoms with E-state index in [1.165, 1.54) is 102 Å². The van der Waals surface area contributed by atoms with Gasteiger partial charge in [-0.05, 0) is 18.4 Å². The molecular formula is C22H38Zn. The summed E-state index contributed by atoms with van der Waals surface area (Å²) < 4.78 is 0. The summed E-state index contributed by atoms with van der Waals surface area (Å²) in [5.74, 6) is 0. The van der Waals surface area contributed by atoms with Crippen molar-refractivity contribution in [3.8, 4) is 0 Å². The van der Waals surface area contributed by atoms with E-state index in [0.29, 0.717) is 0 Å². The van der Waals surface area contributed by atoms with Gasteiger partial charge in [-0.1, -0.05) is 121 Å². The number of hydrogen-bond acceptors (Lipinski definition) is 0. The predicted octanol–water partition coefficient (Wildman–Crippen LogP) is 7.71. The zero-order valence-electron chi connectivity index (χ0n) is 15.7. The molecule has 1 aromatic rings. The Hall–Kier alpha value is -0.157. The molecule has 0 aliphatic rings. The van der Waals surface area contributed by atoms with E-state index in [1.54, 1.807) is 0 Å². The van der Waals surface area contributed by atoms with Crippen molar-refractivity contribution in [2.45, 2.75) is 103 Å². The second-order valence-electron chi connectivity index (χ2n) is 6.83. The van der Waals surface area contributed by atoms with Crippen LogP contribution in [0.4, 0.5) is 0 Å². The molecule has 0 aliphatic carbocycles. The van der Waals surface area contributed by atoms with E-state index in [2.05, 4.69) is 37.3 Å². The maximum atomic E-state index is 2.29. The van der Waals surface area contributed by atoms with Crippen LogP contribution in [0.15, 0.2) is 30.3 Å². The van der Waals surface area contributed by atoms with Crippen LogP contribution in [0.2, 0.25) is 0 Å². The molecule has 1 rings (SSSR count). The smallest absolute Gasteiger partial charge is 0 e. The zero-order valence-corrected chi connectivity index (χ0v) is 18.7. The second-order valence-corrected chi connectivity index (χ2v) is 6.83. The Morgan fingerprint density at radius 2 is 0.913 bits per heavy atom. The third-order valence-electron chi connectivity index (χ3n) is 4.66. The molecule has 1 heteroatoms. The molecule has 0 spiro atoms. The molecule has 0 amide bonds. The third-order valence-corrected chi connectivity index (χ3v) is 4.66. The summed E-state index contributed by atoms with van der Waals surface area (Å²) in [4.78, 5) is 0. The molecule has 0 heterocycles. The van der Waals surface area contributed by atoms with Crippen molar-refractivity contribution < 1.29 is 19.5 Å². The van der Waals surface area contributed by atoms with Gasteiger partial charge in [0.25, 0.3) is 0 Å². The van der Waals surface area contributed by atoms with E-state index < -0.39 is 0 Å². The summed E-state index contributed by atoms with van der Waals surface area (Å²) in [6, 6.07) is 10.9. The Balaban J connectivity index is 0.00000484. The molecule has 0 radical (unpaired) electrons. The van der Waals surface area contributed by atoms with Crippen LogP contribution < -0.4 is 0 Å². The summed E-state index contributed by atoms with van der Waals surface area (Å²) >= 11 is 0. The van der Waals surface area contributed by atoms with Gasteiger partial charge in [0.05, 0.1) is 0 Å². The Morgan fingerprint density at radius 1 is 0.522 bits per heavy atom. The molecule has 0 aliphatic heterocycles. The monoisotopic (exact) mass is 366 g/mol. The molecule has 0 fully saturated rings. The van der Waals surface area contributed by atoms with Crippen molar-refractivity contribution in [2.75, 3.05) is 0 Å². The van der Waals surface area contributed by atoms with Gasteiger partial charge in [-0.25, -0.2) is 0 Å². The van der Waals surface area contributed by atoms with Gasteiger partial charge in [-0.2, -0.15) is 0 Å². The summed E-state index contributed by atoms with van der Waals surface area (Å²) in [6.45, 7) is 2.29. The SMILES string of the molecule is CCCCCCCCCCCCCCCCc1ccccc1.[Zn]. The molecular weight excluding hydrogens is 330 g/mol. The maximum absolute atomic E-state index is 2.29. The largest absolute Gasteiger partial charge is 0.0654 e. The van der Waals surface area contributed by atoms with E-state index >= 15 is 0 Å². The summed E-state index contributed by atoms with van der Waals surface area (Å²) in [7, 11) is 0. The van der Waals surface area contributed by atoms with Gasteiger partial charge >= 0.3 is 0 Å². The maximum Gasteiger partial charge on any atom is 0 e.